The van der Waals surface area contributed by atoms with Crippen LogP contribution in [-0.2, 0) is 0 Å². The van der Waals surface area contributed by atoms with Gasteiger partial charge in [0, 0.05) is 6.21 Å². The van der Waals surface area contributed by atoms with Crippen molar-refractivity contribution in [3.05, 3.63) is 92.9 Å². The summed E-state index contributed by atoms with van der Waals surface area (Å²) < 4.78 is 0. The lowest BCUT2D eigenvalue weighted by atomic mass is 10.0. The van der Waals surface area contributed by atoms with E-state index in [1.807, 2.05) is 37.4 Å². The Morgan fingerprint density at radius 2 is 1.40 bits per heavy atom. The lowest BCUT2D eigenvalue weighted by Gasteiger charge is -2.11. The summed E-state index contributed by atoms with van der Waals surface area (Å²) in [5.74, 6) is 0. The summed E-state index contributed by atoms with van der Waals surface area (Å²) in [6.45, 7) is 1.97. The SMILES string of the molecule is CC(/N=C\c1ccc(-c2ccccc2)cc1)c1ccc(Cl)c(Cl)c1Cl. The van der Waals surface area contributed by atoms with Crippen LogP contribution in [0, 0.1) is 0 Å². The predicted molar refractivity (Wildman–Crippen MR) is 109 cm³/mol. The van der Waals surface area contributed by atoms with Gasteiger partial charge in [-0.25, -0.2) is 0 Å². The Morgan fingerprint density at radius 3 is 2.08 bits per heavy atom. The van der Waals surface area contributed by atoms with E-state index >= 15 is 0 Å². The van der Waals surface area contributed by atoms with E-state index in [1.54, 1.807) is 6.07 Å². The molecular formula is C21H16Cl3N. The van der Waals surface area contributed by atoms with Crippen molar-refractivity contribution < 1.29 is 0 Å². The molecule has 3 aromatic carbocycles. The molecule has 25 heavy (non-hydrogen) atoms. The van der Waals surface area contributed by atoms with Crippen molar-refractivity contribution in [3.63, 3.8) is 0 Å². The normalized spacial score (nSPS) is 12.5. The number of rotatable bonds is 4. The second-order valence-electron chi connectivity index (χ2n) is 5.71. The van der Waals surface area contributed by atoms with Gasteiger partial charge in [0.25, 0.3) is 0 Å². The van der Waals surface area contributed by atoms with Crippen LogP contribution < -0.4 is 0 Å². The molecule has 126 valence electrons. The third-order valence-corrected chi connectivity index (χ3v) is 5.29. The molecule has 0 spiro atoms. The molecule has 3 aromatic rings. The first-order valence-corrected chi connectivity index (χ1v) is 9.01. The van der Waals surface area contributed by atoms with Gasteiger partial charge in [0.15, 0.2) is 0 Å². The molecule has 0 radical (unpaired) electrons. The van der Waals surface area contributed by atoms with E-state index in [9.17, 15) is 0 Å². The summed E-state index contributed by atoms with van der Waals surface area (Å²) in [7, 11) is 0. The molecule has 0 aliphatic carbocycles. The average Bonchev–Trinajstić information content (AvgIpc) is 2.65. The van der Waals surface area contributed by atoms with Gasteiger partial charge in [-0.05, 0) is 35.2 Å². The van der Waals surface area contributed by atoms with E-state index in [1.165, 1.54) is 11.1 Å². The quantitative estimate of drug-likeness (QED) is 0.324. The first-order chi connectivity index (χ1) is 12.1. The number of hydrogen-bond acceptors (Lipinski definition) is 1. The van der Waals surface area contributed by atoms with Crippen molar-refractivity contribution in [2.24, 2.45) is 4.99 Å². The van der Waals surface area contributed by atoms with Crippen molar-refractivity contribution >= 4 is 41.0 Å². The zero-order valence-electron chi connectivity index (χ0n) is 13.6. The lowest BCUT2D eigenvalue weighted by Crippen LogP contribution is -1.93. The molecule has 0 aliphatic rings. The van der Waals surface area contributed by atoms with Gasteiger partial charge in [-0.2, -0.15) is 0 Å². The Balaban J connectivity index is 1.77. The molecule has 1 nitrogen and oxygen atoms in total. The van der Waals surface area contributed by atoms with Crippen LogP contribution in [0.3, 0.4) is 0 Å². The second-order valence-corrected chi connectivity index (χ2v) is 6.87. The summed E-state index contributed by atoms with van der Waals surface area (Å²) >= 11 is 18.4. The minimum Gasteiger partial charge on any atom is -0.285 e. The highest BCUT2D eigenvalue weighted by atomic mass is 35.5. The van der Waals surface area contributed by atoms with Gasteiger partial charge >= 0.3 is 0 Å². The van der Waals surface area contributed by atoms with Gasteiger partial charge in [-0.15, -0.1) is 0 Å². The monoisotopic (exact) mass is 387 g/mol. The van der Waals surface area contributed by atoms with Crippen molar-refractivity contribution in [2.45, 2.75) is 13.0 Å². The highest BCUT2D eigenvalue weighted by Gasteiger charge is 2.13. The number of benzene rings is 3. The molecule has 1 atom stereocenters. The van der Waals surface area contributed by atoms with Crippen molar-refractivity contribution in [2.75, 3.05) is 0 Å². The molecule has 0 heterocycles. The van der Waals surface area contributed by atoms with E-state index in [0.29, 0.717) is 15.1 Å². The van der Waals surface area contributed by atoms with Gasteiger partial charge in [0.2, 0.25) is 0 Å². The van der Waals surface area contributed by atoms with Crippen LogP contribution in [0.2, 0.25) is 15.1 Å². The van der Waals surface area contributed by atoms with Gasteiger partial charge in [-0.3, -0.25) is 4.99 Å². The number of aliphatic imine (C=N–C) groups is 1. The third kappa shape index (κ3) is 4.24. The van der Waals surface area contributed by atoms with Gasteiger partial charge in [-0.1, -0.05) is 95.5 Å². The Morgan fingerprint density at radius 1 is 0.760 bits per heavy atom. The van der Waals surface area contributed by atoms with Gasteiger partial charge in [0.05, 0.1) is 21.1 Å². The smallest absolute Gasteiger partial charge is 0.0782 e. The maximum Gasteiger partial charge on any atom is 0.0782 e. The molecule has 0 amide bonds. The molecule has 0 N–H and O–H groups in total. The molecule has 3 rings (SSSR count). The van der Waals surface area contributed by atoms with Gasteiger partial charge in [0.1, 0.15) is 0 Å². The number of halogens is 3. The van der Waals surface area contributed by atoms with E-state index in [2.05, 4.69) is 41.4 Å². The summed E-state index contributed by atoms with van der Waals surface area (Å²) in [5.41, 5.74) is 4.26. The molecule has 0 aliphatic heterocycles. The highest BCUT2D eigenvalue weighted by Crippen LogP contribution is 2.36. The number of hydrogen-bond donors (Lipinski definition) is 0. The van der Waals surface area contributed by atoms with Gasteiger partial charge < -0.3 is 0 Å². The summed E-state index contributed by atoms with van der Waals surface area (Å²) in [5, 5.41) is 1.27. The fourth-order valence-electron chi connectivity index (χ4n) is 2.53. The fraction of sp³-hybridized carbons (Fsp3) is 0.0952. The molecular weight excluding hydrogens is 373 g/mol. The third-order valence-electron chi connectivity index (χ3n) is 3.98. The minimum absolute atomic E-state index is 0.115. The van der Waals surface area contributed by atoms with Crippen LogP contribution in [0.4, 0.5) is 0 Å². The molecule has 0 saturated carbocycles. The Kier molecular flexibility index (Phi) is 5.80. The minimum atomic E-state index is -0.115. The fourth-order valence-corrected chi connectivity index (χ4v) is 3.23. The van der Waals surface area contributed by atoms with E-state index in [0.717, 1.165) is 11.1 Å². The van der Waals surface area contributed by atoms with E-state index < -0.39 is 0 Å². The highest BCUT2D eigenvalue weighted by molar-refractivity contribution is 6.48. The predicted octanol–water partition coefficient (Wildman–Crippen LogP) is 7.49. The van der Waals surface area contributed by atoms with Crippen molar-refractivity contribution in [1.82, 2.24) is 0 Å². The first-order valence-electron chi connectivity index (χ1n) is 7.88. The Bertz CT molecular complexity index is 887. The van der Waals surface area contributed by atoms with Crippen molar-refractivity contribution in [1.29, 1.82) is 0 Å². The van der Waals surface area contributed by atoms with E-state index in [-0.39, 0.29) is 6.04 Å². The zero-order valence-corrected chi connectivity index (χ0v) is 15.9. The van der Waals surface area contributed by atoms with Crippen LogP contribution in [-0.4, -0.2) is 6.21 Å². The van der Waals surface area contributed by atoms with Crippen LogP contribution in [0.15, 0.2) is 71.7 Å². The van der Waals surface area contributed by atoms with Crippen LogP contribution >= 0.6 is 34.8 Å². The lowest BCUT2D eigenvalue weighted by molar-refractivity contribution is 0.825. The van der Waals surface area contributed by atoms with Crippen molar-refractivity contribution in [3.8, 4) is 11.1 Å². The van der Waals surface area contributed by atoms with Crippen LogP contribution in [0.25, 0.3) is 11.1 Å². The molecule has 0 fully saturated rings. The maximum absolute atomic E-state index is 6.27. The topological polar surface area (TPSA) is 12.4 Å². The van der Waals surface area contributed by atoms with E-state index in [4.69, 9.17) is 34.8 Å². The summed E-state index contributed by atoms with van der Waals surface area (Å²) in [6, 6.07) is 22.0. The zero-order chi connectivity index (χ0) is 17.8. The van der Waals surface area contributed by atoms with Crippen LogP contribution in [0.5, 0.6) is 0 Å². The summed E-state index contributed by atoms with van der Waals surface area (Å²) in [6.07, 6.45) is 1.85. The number of nitrogens with zero attached hydrogens (tertiary/aromatic N) is 1. The largest absolute Gasteiger partial charge is 0.285 e. The van der Waals surface area contributed by atoms with Crippen LogP contribution in [0.1, 0.15) is 24.1 Å². The maximum atomic E-state index is 6.27. The molecule has 1 unspecified atom stereocenters. The standard InChI is InChI=1S/C21H16Cl3N/c1-14(18-11-12-19(22)21(24)20(18)23)25-13-15-7-9-17(10-8-15)16-5-3-2-4-6-16/h2-14H,1H3/b25-13-. The molecule has 4 heteroatoms. The first kappa shape index (κ1) is 18.0. The molecule has 0 aromatic heterocycles. The Hall–Kier alpha value is -1.80. The average molecular weight is 389 g/mol. The summed E-state index contributed by atoms with van der Waals surface area (Å²) in [4.78, 5) is 4.59. The molecule has 0 saturated heterocycles. The molecule has 0 bridgehead atoms. The Labute approximate surface area is 162 Å². The second kappa shape index (κ2) is 8.05.